The van der Waals surface area contributed by atoms with Gasteiger partial charge in [0.15, 0.2) is 14.1 Å². The maximum Gasteiger partial charge on any atom is 0.311 e. The van der Waals surface area contributed by atoms with Crippen molar-refractivity contribution in [2.75, 3.05) is 13.7 Å². The van der Waals surface area contributed by atoms with Gasteiger partial charge in [-0.2, -0.15) is 0 Å². The Labute approximate surface area is 178 Å². The molecule has 0 aliphatic carbocycles. The Kier molecular flexibility index (Phi) is 8.33. The summed E-state index contributed by atoms with van der Waals surface area (Å²) in [5, 5.41) is -0.00964. The van der Waals surface area contributed by atoms with Crippen LogP contribution in [0.1, 0.15) is 55.4 Å². The first-order valence-electron chi connectivity index (χ1n) is 10.3. The highest BCUT2D eigenvalue weighted by atomic mass is 28.4. The van der Waals surface area contributed by atoms with Gasteiger partial charge in [-0.25, -0.2) is 0 Å². The molecular weight excluding hydrogens is 388 g/mol. The van der Waals surface area contributed by atoms with E-state index in [1.807, 2.05) is 34.6 Å². The molecule has 1 fully saturated rings. The molecule has 0 bridgehead atoms. The van der Waals surface area contributed by atoms with E-state index < -0.39 is 37.8 Å². The lowest BCUT2D eigenvalue weighted by Gasteiger charge is -2.43. The van der Waals surface area contributed by atoms with Crippen LogP contribution in [-0.4, -0.2) is 58.2 Å². The molecule has 0 amide bonds. The molecule has 0 radical (unpaired) electrons. The number of carbonyl (C=O) groups is 1. The molecule has 0 aromatic heterocycles. The van der Waals surface area contributed by atoms with E-state index >= 15 is 0 Å². The number of methoxy groups -OCH3 is 1. The van der Waals surface area contributed by atoms with Crippen LogP contribution in [0.3, 0.4) is 0 Å². The number of carbonyl (C=O) groups excluding carboxylic acids is 1. The second-order valence-electron chi connectivity index (χ2n) is 10.8. The fourth-order valence-corrected chi connectivity index (χ4v) is 4.12. The van der Waals surface area contributed by atoms with Gasteiger partial charge in [0.2, 0.25) is 0 Å². The van der Waals surface area contributed by atoms with Crippen molar-refractivity contribution >= 4 is 14.3 Å². The summed E-state index contributed by atoms with van der Waals surface area (Å²) in [5.41, 5.74) is -0.591. The van der Waals surface area contributed by atoms with Gasteiger partial charge in [-0.3, -0.25) is 4.79 Å². The lowest BCUT2D eigenvalue weighted by atomic mass is 9.97. The Morgan fingerprint density at radius 1 is 1.17 bits per heavy atom. The molecule has 0 saturated carbocycles. The second kappa shape index (κ2) is 9.18. The smallest absolute Gasteiger partial charge is 0.311 e. The number of rotatable bonds is 8. The van der Waals surface area contributed by atoms with Crippen LogP contribution in [0.5, 0.6) is 0 Å². The minimum atomic E-state index is -2.19. The van der Waals surface area contributed by atoms with Crippen LogP contribution < -0.4 is 0 Å². The van der Waals surface area contributed by atoms with Gasteiger partial charge in [0.1, 0.15) is 31.0 Å². The number of hydrogen-bond donors (Lipinski definition) is 0. The molecule has 0 spiro atoms. The lowest BCUT2D eigenvalue weighted by molar-refractivity contribution is -0.173. The van der Waals surface area contributed by atoms with Crippen molar-refractivity contribution in [3.05, 3.63) is 12.7 Å². The molecule has 0 unspecified atom stereocenters. The second-order valence-corrected chi connectivity index (χ2v) is 15.5. The van der Waals surface area contributed by atoms with Crippen LogP contribution in [-0.2, 0) is 28.2 Å². The predicted molar refractivity (Wildman–Crippen MR) is 117 cm³/mol. The third-order valence-corrected chi connectivity index (χ3v) is 10.1. The van der Waals surface area contributed by atoms with E-state index in [0.717, 1.165) is 0 Å². The van der Waals surface area contributed by atoms with Crippen molar-refractivity contribution in [2.24, 2.45) is 5.41 Å². The summed E-state index contributed by atoms with van der Waals surface area (Å²) in [6.07, 6.45) is -0.0144. The molecule has 1 aliphatic heterocycles. The van der Waals surface area contributed by atoms with Crippen molar-refractivity contribution in [3.63, 3.8) is 0 Å². The van der Waals surface area contributed by atoms with Crippen molar-refractivity contribution < 1.29 is 28.2 Å². The Bertz CT molecular complexity index is 573. The first-order valence-corrected chi connectivity index (χ1v) is 13.2. The molecule has 0 aromatic rings. The molecule has 4 atom stereocenters. The molecule has 1 heterocycles. The first kappa shape index (κ1) is 26.3. The van der Waals surface area contributed by atoms with Gasteiger partial charge in [-0.1, -0.05) is 26.8 Å². The zero-order valence-corrected chi connectivity index (χ0v) is 21.3. The normalized spacial score (nSPS) is 24.8. The monoisotopic (exact) mass is 430 g/mol. The molecule has 0 aromatic carbocycles. The molecule has 1 saturated heterocycles. The highest BCUT2D eigenvalue weighted by Crippen LogP contribution is 2.41. The molecule has 1 rings (SSSR count). The Hall–Kier alpha value is -0.733. The van der Waals surface area contributed by atoms with Crippen molar-refractivity contribution in [1.82, 2.24) is 0 Å². The third-order valence-electron chi connectivity index (χ3n) is 5.62. The summed E-state index contributed by atoms with van der Waals surface area (Å²) in [4.78, 5) is 12.3. The highest BCUT2D eigenvalue weighted by molar-refractivity contribution is 6.74. The van der Waals surface area contributed by atoms with E-state index in [1.165, 1.54) is 0 Å². The molecule has 6 nitrogen and oxygen atoms in total. The largest absolute Gasteiger partial charge is 0.462 e. The fourth-order valence-electron chi connectivity index (χ4n) is 2.80. The summed E-state index contributed by atoms with van der Waals surface area (Å²) in [6.45, 7) is 24.1. The highest BCUT2D eigenvalue weighted by Gasteiger charge is 2.50. The summed E-state index contributed by atoms with van der Waals surface area (Å²) in [5.74, 6) is -1.05. The van der Waals surface area contributed by atoms with Crippen LogP contribution >= 0.6 is 0 Å². The minimum Gasteiger partial charge on any atom is -0.462 e. The summed E-state index contributed by atoms with van der Waals surface area (Å²) < 4.78 is 30.3. The minimum absolute atomic E-state index is 0.00964. The number of hydrogen-bond acceptors (Lipinski definition) is 6. The topological polar surface area (TPSA) is 63.2 Å². The Morgan fingerprint density at radius 3 is 2.14 bits per heavy atom. The van der Waals surface area contributed by atoms with Crippen LogP contribution in [0.25, 0.3) is 0 Å². The maximum atomic E-state index is 12.3. The van der Waals surface area contributed by atoms with Gasteiger partial charge < -0.3 is 23.4 Å². The molecule has 29 heavy (non-hydrogen) atoms. The van der Waals surface area contributed by atoms with E-state index in [-0.39, 0.29) is 23.7 Å². The maximum absolute atomic E-state index is 12.3. The third kappa shape index (κ3) is 6.89. The zero-order valence-electron chi connectivity index (χ0n) is 20.3. The average molecular weight is 431 g/mol. The van der Waals surface area contributed by atoms with Gasteiger partial charge in [0.25, 0.3) is 0 Å². The Balaban J connectivity index is 3.20. The molecule has 170 valence electrons. The van der Waals surface area contributed by atoms with E-state index in [2.05, 4.69) is 40.4 Å². The van der Waals surface area contributed by atoms with E-state index in [9.17, 15) is 4.79 Å². The van der Waals surface area contributed by atoms with Gasteiger partial charge in [0.05, 0.1) is 5.41 Å². The van der Waals surface area contributed by atoms with Gasteiger partial charge in [-0.05, 0) is 52.8 Å². The molecule has 7 heteroatoms. The van der Waals surface area contributed by atoms with Crippen LogP contribution in [0, 0.1) is 5.41 Å². The van der Waals surface area contributed by atoms with Crippen LogP contribution in [0.4, 0.5) is 0 Å². The molecule has 1 aliphatic rings. The van der Waals surface area contributed by atoms with Gasteiger partial charge in [-0.15, -0.1) is 6.58 Å². The summed E-state index contributed by atoms with van der Waals surface area (Å²) in [7, 11) is -0.588. The Morgan fingerprint density at radius 2 is 1.72 bits per heavy atom. The van der Waals surface area contributed by atoms with Crippen molar-refractivity contribution in [1.29, 1.82) is 0 Å². The van der Waals surface area contributed by atoms with Crippen LogP contribution in [0.2, 0.25) is 18.1 Å². The van der Waals surface area contributed by atoms with E-state index in [1.54, 1.807) is 13.2 Å². The first-order chi connectivity index (χ1) is 12.9. The SMILES string of the molecule is C=C[C@H]1OC(C)(C)O[C@@H]1[C@@H](O[Si](C)(C)C(C)(C)C)[C@H](COC(=O)C(C)(C)C)OC. The zero-order chi connectivity index (χ0) is 22.8. The van der Waals surface area contributed by atoms with Gasteiger partial charge >= 0.3 is 5.97 Å². The quantitative estimate of drug-likeness (QED) is 0.316. The number of ether oxygens (including phenoxy) is 4. The fraction of sp³-hybridized carbons (Fsp3) is 0.864. The van der Waals surface area contributed by atoms with Crippen molar-refractivity contribution in [2.45, 2.75) is 104 Å². The van der Waals surface area contributed by atoms with Crippen LogP contribution in [0.15, 0.2) is 12.7 Å². The molecular formula is C22H42O6Si. The molecule has 0 N–H and O–H groups in total. The summed E-state index contributed by atoms with van der Waals surface area (Å²) in [6, 6.07) is 0. The van der Waals surface area contributed by atoms with Crippen molar-refractivity contribution in [3.8, 4) is 0 Å². The van der Waals surface area contributed by atoms with E-state index in [4.69, 9.17) is 23.4 Å². The van der Waals surface area contributed by atoms with E-state index in [0.29, 0.717) is 0 Å². The predicted octanol–water partition coefficient (Wildman–Crippen LogP) is 4.69. The van der Waals surface area contributed by atoms with Gasteiger partial charge in [0, 0.05) is 7.11 Å². The summed E-state index contributed by atoms with van der Waals surface area (Å²) >= 11 is 0. The lowest BCUT2D eigenvalue weighted by Crippen LogP contribution is -2.55. The standard InChI is InChI=1S/C22H42O6Si/c1-13-15-17(27-22(8,9)26-15)18(28-29(11,12)21(5,6)7)16(24-10)14-25-19(23)20(2,3)4/h13,15-18H,1,14H2,2-12H3/t15-,16+,17+,18+/m1/s1. The average Bonchev–Trinajstić information content (AvgIpc) is 2.86. The number of esters is 1.